The molecule has 0 spiro atoms. The molecule has 0 aliphatic rings. The lowest BCUT2D eigenvalue weighted by Gasteiger charge is -2.15. The zero-order valence-electron chi connectivity index (χ0n) is 11.6. The van der Waals surface area contributed by atoms with Crippen molar-refractivity contribution in [3.05, 3.63) is 28.8 Å². The number of hydrogen-bond acceptors (Lipinski definition) is 6. The summed E-state index contributed by atoms with van der Waals surface area (Å²) in [6.07, 6.45) is 0.676. The highest BCUT2D eigenvalue weighted by molar-refractivity contribution is 8.02. The van der Waals surface area contributed by atoms with Gasteiger partial charge in [-0.3, -0.25) is 4.79 Å². The van der Waals surface area contributed by atoms with Crippen LogP contribution in [0.5, 0.6) is 0 Å². The second-order valence-corrected chi connectivity index (χ2v) is 7.19. The summed E-state index contributed by atoms with van der Waals surface area (Å²) >= 11 is 8.70. The molecule has 1 atom stereocenters. The van der Waals surface area contributed by atoms with Crippen molar-refractivity contribution in [3.8, 4) is 0 Å². The van der Waals surface area contributed by atoms with Crippen LogP contribution >= 0.6 is 34.7 Å². The minimum Gasteiger partial charge on any atom is -0.374 e. The molecule has 1 heterocycles. The average molecular weight is 343 g/mol. The number of carbonyl (C=O) groups is 1. The Morgan fingerprint density at radius 3 is 2.90 bits per heavy atom. The number of nitrogen functional groups attached to an aromatic ring is 1. The van der Waals surface area contributed by atoms with E-state index in [2.05, 4.69) is 15.5 Å². The topological polar surface area (TPSA) is 80.9 Å². The lowest BCUT2D eigenvalue weighted by Crippen LogP contribution is -2.24. The van der Waals surface area contributed by atoms with Crippen molar-refractivity contribution < 1.29 is 4.79 Å². The Bertz CT molecular complexity index is 647. The van der Waals surface area contributed by atoms with Crippen molar-refractivity contribution in [2.24, 2.45) is 0 Å². The molecule has 2 rings (SSSR count). The number of carbonyl (C=O) groups excluding carboxylic acids is 1. The second kappa shape index (κ2) is 7.11. The smallest absolute Gasteiger partial charge is 0.237 e. The Morgan fingerprint density at radius 1 is 1.52 bits per heavy atom. The molecule has 0 saturated carbocycles. The summed E-state index contributed by atoms with van der Waals surface area (Å²) in [5, 5.41) is 11.4. The van der Waals surface area contributed by atoms with Gasteiger partial charge >= 0.3 is 0 Å². The maximum atomic E-state index is 12.4. The Balaban J connectivity index is 2.08. The van der Waals surface area contributed by atoms with Crippen molar-refractivity contribution in [1.29, 1.82) is 0 Å². The number of anilines is 2. The van der Waals surface area contributed by atoms with E-state index in [9.17, 15) is 4.79 Å². The summed E-state index contributed by atoms with van der Waals surface area (Å²) in [5.41, 5.74) is 7.13. The second-order valence-electron chi connectivity index (χ2n) is 4.32. The fraction of sp³-hybridized carbons (Fsp3) is 0.308. The molecular weight excluding hydrogens is 328 g/mol. The summed E-state index contributed by atoms with van der Waals surface area (Å²) in [4.78, 5) is 12.4. The number of thioether (sulfide) groups is 1. The molecule has 0 fully saturated rings. The number of halogens is 1. The Kier molecular flexibility index (Phi) is 5.44. The molecule has 0 saturated heterocycles. The average Bonchev–Trinajstić information content (AvgIpc) is 2.86. The van der Waals surface area contributed by atoms with Gasteiger partial charge in [0.1, 0.15) is 0 Å². The van der Waals surface area contributed by atoms with E-state index in [1.54, 1.807) is 6.07 Å². The molecule has 1 amide bonds. The van der Waals surface area contributed by atoms with Crippen LogP contribution in [0.25, 0.3) is 0 Å². The van der Waals surface area contributed by atoms with E-state index in [1.165, 1.54) is 23.1 Å². The minimum atomic E-state index is -0.254. The maximum absolute atomic E-state index is 12.4. The SMILES string of the molecule is CCC(Sc1nnc(N)s1)C(=O)Nc1cccc(Cl)c1C. The highest BCUT2D eigenvalue weighted by atomic mass is 35.5. The number of aromatic nitrogens is 2. The van der Waals surface area contributed by atoms with Gasteiger partial charge in [-0.2, -0.15) is 0 Å². The third-order valence-electron chi connectivity index (χ3n) is 2.85. The Labute approximate surface area is 136 Å². The normalized spacial score (nSPS) is 12.1. The van der Waals surface area contributed by atoms with Gasteiger partial charge in [0.05, 0.1) is 5.25 Å². The van der Waals surface area contributed by atoms with Gasteiger partial charge in [0.25, 0.3) is 0 Å². The third-order valence-corrected chi connectivity index (χ3v) is 5.46. The predicted molar refractivity (Wildman–Crippen MR) is 89.1 cm³/mol. The van der Waals surface area contributed by atoms with Gasteiger partial charge in [0.2, 0.25) is 11.0 Å². The number of amides is 1. The highest BCUT2D eigenvalue weighted by Gasteiger charge is 2.20. The van der Waals surface area contributed by atoms with Crippen LogP contribution in [0.2, 0.25) is 5.02 Å². The molecule has 112 valence electrons. The van der Waals surface area contributed by atoms with Crippen LogP contribution in [0.3, 0.4) is 0 Å². The number of nitrogens with two attached hydrogens (primary N) is 1. The van der Waals surface area contributed by atoms with Crippen LogP contribution < -0.4 is 11.1 Å². The van der Waals surface area contributed by atoms with E-state index in [-0.39, 0.29) is 11.2 Å². The molecule has 3 N–H and O–H groups in total. The van der Waals surface area contributed by atoms with Crippen LogP contribution in [-0.2, 0) is 4.79 Å². The summed E-state index contributed by atoms with van der Waals surface area (Å²) in [7, 11) is 0. The van der Waals surface area contributed by atoms with Crippen molar-refractivity contribution in [3.63, 3.8) is 0 Å². The zero-order valence-corrected chi connectivity index (χ0v) is 14.0. The van der Waals surface area contributed by atoms with E-state index < -0.39 is 0 Å². The van der Waals surface area contributed by atoms with Crippen LogP contribution in [0.1, 0.15) is 18.9 Å². The number of hydrogen-bond donors (Lipinski definition) is 2. The lowest BCUT2D eigenvalue weighted by molar-refractivity contribution is -0.115. The van der Waals surface area contributed by atoms with Crippen LogP contribution in [0, 0.1) is 6.92 Å². The quantitative estimate of drug-likeness (QED) is 0.811. The van der Waals surface area contributed by atoms with E-state index in [0.29, 0.717) is 20.9 Å². The fourth-order valence-corrected chi connectivity index (χ4v) is 3.65. The molecule has 0 aliphatic carbocycles. The van der Waals surface area contributed by atoms with Gasteiger partial charge in [-0.15, -0.1) is 10.2 Å². The molecule has 2 aromatic rings. The number of nitrogens with one attached hydrogen (secondary N) is 1. The summed E-state index contributed by atoms with van der Waals surface area (Å²) < 4.78 is 0.692. The van der Waals surface area contributed by atoms with Gasteiger partial charge in [-0.25, -0.2) is 0 Å². The molecule has 1 aromatic heterocycles. The van der Waals surface area contributed by atoms with Gasteiger partial charge in [0.15, 0.2) is 4.34 Å². The van der Waals surface area contributed by atoms with Crippen LogP contribution in [0.15, 0.2) is 22.5 Å². The largest absolute Gasteiger partial charge is 0.374 e. The van der Waals surface area contributed by atoms with Gasteiger partial charge in [0, 0.05) is 10.7 Å². The maximum Gasteiger partial charge on any atom is 0.237 e. The van der Waals surface area contributed by atoms with Crippen LogP contribution in [0.4, 0.5) is 10.8 Å². The highest BCUT2D eigenvalue weighted by Crippen LogP contribution is 2.30. The first-order valence-electron chi connectivity index (χ1n) is 6.33. The van der Waals surface area contributed by atoms with Gasteiger partial charge in [-0.1, -0.05) is 47.7 Å². The summed E-state index contributed by atoms with van der Waals surface area (Å²) in [6, 6.07) is 5.44. The van der Waals surface area contributed by atoms with E-state index in [1.807, 2.05) is 26.0 Å². The molecule has 0 radical (unpaired) electrons. The third kappa shape index (κ3) is 4.09. The first kappa shape index (κ1) is 16.1. The fourth-order valence-electron chi connectivity index (χ4n) is 1.67. The molecule has 8 heteroatoms. The monoisotopic (exact) mass is 342 g/mol. The Morgan fingerprint density at radius 2 is 2.29 bits per heavy atom. The zero-order chi connectivity index (χ0) is 15.4. The molecule has 1 aromatic carbocycles. The number of nitrogens with zero attached hydrogens (tertiary/aromatic N) is 2. The first-order valence-corrected chi connectivity index (χ1v) is 8.40. The predicted octanol–water partition coefficient (Wildman–Crippen LogP) is 3.59. The number of rotatable bonds is 5. The van der Waals surface area contributed by atoms with E-state index >= 15 is 0 Å². The van der Waals surface area contributed by atoms with Crippen molar-refractivity contribution in [1.82, 2.24) is 10.2 Å². The first-order chi connectivity index (χ1) is 10.0. The Hall–Kier alpha value is -1.31. The van der Waals surface area contributed by atoms with Crippen molar-refractivity contribution >= 4 is 51.4 Å². The standard InChI is InChI=1S/C13H15ClN4OS2/c1-3-10(20-13-18-17-12(15)21-13)11(19)16-9-6-4-5-8(14)7(9)2/h4-6,10H,3H2,1-2H3,(H2,15,17)(H,16,19). The molecule has 5 nitrogen and oxygen atoms in total. The van der Waals surface area contributed by atoms with Crippen molar-refractivity contribution in [2.45, 2.75) is 29.9 Å². The molecule has 0 bridgehead atoms. The van der Waals surface area contributed by atoms with E-state index in [4.69, 9.17) is 17.3 Å². The van der Waals surface area contributed by atoms with Gasteiger partial charge < -0.3 is 11.1 Å². The lowest BCUT2D eigenvalue weighted by atomic mass is 10.2. The molecule has 1 unspecified atom stereocenters. The molecule has 21 heavy (non-hydrogen) atoms. The summed E-state index contributed by atoms with van der Waals surface area (Å²) in [6.45, 7) is 3.82. The molecule has 0 aliphatic heterocycles. The summed E-state index contributed by atoms with van der Waals surface area (Å²) in [5.74, 6) is -0.0818. The van der Waals surface area contributed by atoms with Gasteiger partial charge in [-0.05, 0) is 31.0 Å². The van der Waals surface area contributed by atoms with Crippen molar-refractivity contribution in [2.75, 3.05) is 11.1 Å². The van der Waals surface area contributed by atoms with E-state index in [0.717, 1.165) is 11.3 Å². The van der Waals surface area contributed by atoms with Crippen LogP contribution in [-0.4, -0.2) is 21.4 Å². The number of benzene rings is 1. The minimum absolute atomic E-state index is 0.0818. The molecular formula is C13H15ClN4OS2.